The van der Waals surface area contributed by atoms with Crippen molar-refractivity contribution < 1.29 is 18.0 Å². The lowest BCUT2D eigenvalue weighted by molar-refractivity contribution is -0.137. The highest BCUT2D eigenvalue weighted by atomic mass is 19.4. The normalized spacial score (nSPS) is 11.3. The number of nitrogens with one attached hydrogen (secondary N) is 1. The van der Waals surface area contributed by atoms with Crippen molar-refractivity contribution in [1.29, 1.82) is 0 Å². The number of aromatic nitrogens is 3. The number of anilines is 1. The van der Waals surface area contributed by atoms with Gasteiger partial charge in [0.25, 0.3) is 5.91 Å². The zero-order valence-electron chi connectivity index (χ0n) is 12.9. The minimum Gasteiger partial charge on any atom is -0.322 e. The van der Waals surface area contributed by atoms with Gasteiger partial charge in [-0.05, 0) is 29.8 Å². The molecule has 5 nitrogen and oxygen atoms in total. The monoisotopic (exact) mass is 346 g/mol. The van der Waals surface area contributed by atoms with Crippen LogP contribution in [0, 0.1) is 0 Å². The molecule has 1 N–H and O–H groups in total. The molecule has 1 heterocycles. The minimum absolute atomic E-state index is 0.0645. The van der Waals surface area contributed by atoms with Crippen molar-refractivity contribution in [2.24, 2.45) is 0 Å². The van der Waals surface area contributed by atoms with Gasteiger partial charge in [-0.15, -0.1) is 0 Å². The summed E-state index contributed by atoms with van der Waals surface area (Å²) < 4.78 is 39.9. The summed E-state index contributed by atoms with van der Waals surface area (Å²) in [6.45, 7) is 0.374. The van der Waals surface area contributed by atoms with E-state index in [1.165, 1.54) is 24.8 Å². The lowest BCUT2D eigenvalue weighted by atomic mass is 10.1. The van der Waals surface area contributed by atoms with E-state index >= 15 is 0 Å². The van der Waals surface area contributed by atoms with E-state index in [2.05, 4.69) is 15.4 Å². The van der Waals surface area contributed by atoms with Crippen molar-refractivity contribution in [3.8, 4) is 0 Å². The second-order valence-electron chi connectivity index (χ2n) is 5.28. The quantitative estimate of drug-likeness (QED) is 0.785. The molecule has 0 atom stereocenters. The second-order valence-corrected chi connectivity index (χ2v) is 5.28. The van der Waals surface area contributed by atoms with E-state index in [4.69, 9.17) is 0 Å². The average Bonchev–Trinajstić information content (AvgIpc) is 3.09. The van der Waals surface area contributed by atoms with Crippen LogP contribution in [0.4, 0.5) is 18.9 Å². The Morgan fingerprint density at radius 1 is 1.12 bits per heavy atom. The Bertz CT molecular complexity index is 876. The summed E-state index contributed by atoms with van der Waals surface area (Å²) in [4.78, 5) is 16.2. The fourth-order valence-electron chi connectivity index (χ4n) is 2.30. The van der Waals surface area contributed by atoms with Crippen molar-refractivity contribution in [1.82, 2.24) is 14.8 Å². The number of carbonyl (C=O) groups is 1. The first kappa shape index (κ1) is 16.7. The zero-order valence-corrected chi connectivity index (χ0v) is 12.9. The summed E-state index contributed by atoms with van der Waals surface area (Å²) in [7, 11) is 0. The van der Waals surface area contributed by atoms with Crippen LogP contribution in [0.5, 0.6) is 0 Å². The molecule has 0 saturated heterocycles. The fourth-order valence-corrected chi connectivity index (χ4v) is 2.30. The maximum Gasteiger partial charge on any atom is 0.416 e. The molecular formula is C17H13F3N4O. The van der Waals surface area contributed by atoms with Crippen LogP contribution in [0.15, 0.2) is 61.2 Å². The Morgan fingerprint density at radius 3 is 2.64 bits per heavy atom. The lowest BCUT2D eigenvalue weighted by Gasteiger charge is -2.12. The van der Waals surface area contributed by atoms with Crippen molar-refractivity contribution in [2.45, 2.75) is 12.7 Å². The standard InChI is InChI=1S/C17H13F3N4O/c18-17(19,20)14-6-3-5-12(8-14)16(25)23-15-7-2-1-4-13(15)9-24-11-21-10-22-24/h1-8,10-11H,9H2,(H,23,25). The summed E-state index contributed by atoms with van der Waals surface area (Å²) in [5.74, 6) is -0.614. The van der Waals surface area contributed by atoms with Crippen LogP contribution >= 0.6 is 0 Å². The summed E-state index contributed by atoms with van der Waals surface area (Å²) in [5, 5.41) is 6.65. The Morgan fingerprint density at radius 2 is 1.92 bits per heavy atom. The third-order valence-electron chi connectivity index (χ3n) is 3.52. The van der Waals surface area contributed by atoms with Crippen LogP contribution in [0.25, 0.3) is 0 Å². The van der Waals surface area contributed by atoms with Gasteiger partial charge in [-0.2, -0.15) is 18.3 Å². The van der Waals surface area contributed by atoms with Gasteiger partial charge >= 0.3 is 6.18 Å². The molecule has 0 aliphatic rings. The van der Waals surface area contributed by atoms with Gasteiger partial charge in [0.1, 0.15) is 12.7 Å². The van der Waals surface area contributed by atoms with Gasteiger partial charge < -0.3 is 5.32 Å². The highest BCUT2D eigenvalue weighted by Gasteiger charge is 2.30. The second kappa shape index (κ2) is 6.76. The first-order chi connectivity index (χ1) is 11.9. The number of nitrogens with zero attached hydrogens (tertiary/aromatic N) is 3. The number of hydrogen-bond donors (Lipinski definition) is 1. The molecule has 0 radical (unpaired) electrons. The highest BCUT2D eigenvalue weighted by molar-refractivity contribution is 6.04. The highest BCUT2D eigenvalue weighted by Crippen LogP contribution is 2.29. The first-order valence-electron chi connectivity index (χ1n) is 7.32. The fraction of sp³-hybridized carbons (Fsp3) is 0.118. The van der Waals surface area contributed by atoms with Crippen molar-refractivity contribution in [3.63, 3.8) is 0 Å². The maximum absolute atomic E-state index is 12.8. The molecule has 1 aromatic heterocycles. The number of benzene rings is 2. The van der Waals surface area contributed by atoms with Crippen LogP contribution in [-0.2, 0) is 12.7 Å². The predicted molar refractivity (Wildman–Crippen MR) is 85.0 cm³/mol. The number of hydrogen-bond acceptors (Lipinski definition) is 3. The number of carbonyl (C=O) groups excluding carboxylic acids is 1. The Labute approximate surface area is 141 Å². The van der Waals surface area contributed by atoms with Crippen LogP contribution in [-0.4, -0.2) is 20.7 Å². The summed E-state index contributed by atoms with van der Waals surface area (Å²) >= 11 is 0. The summed E-state index contributed by atoms with van der Waals surface area (Å²) in [6, 6.07) is 11.3. The Balaban J connectivity index is 1.82. The molecule has 8 heteroatoms. The zero-order chi connectivity index (χ0) is 17.9. The van der Waals surface area contributed by atoms with E-state index in [1.54, 1.807) is 28.9 Å². The molecule has 0 saturated carbocycles. The van der Waals surface area contributed by atoms with Gasteiger partial charge in [0.05, 0.1) is 12.1 Å². The van der Waals surface area contributed by atoms with E-state index in [1.807, 2.05) is 0 Å². The number of halogens is 3. The Hall–Kier alpha value is -3.16. The molecule has 2 aromatic carbocycles. The van der Waals surface area contributed by atoms with Gasteiger partial charge in [-0.3, -0.25) is 4.79 Å². The largest absolute Gasteiger partial charge is 0.416 e. The van der Waals surface area contributed by atoms with Crippen LogP contribution in [0.2, 0.25) is 0 Å². The van der Waals surface area contributed by atoms with Crippen LogP contribution in [0.1, 0.15) is 21.5 Å². The SMILES string of the molecule is O=C(Nc1ccccc1Cn1cncn1)c1cccc(C(F)(F)F)c1. The summed E-state index contributed by atoms with van der Waals surface area (Å²) in [6.07, 6.45) is -1.57. The molecule has 128 valence electrons. The van der Waals surface area contributed by atoms with Gasteiger partial charge in [0.15, 0.2) is 0 Å². The van der Waals surface area contributed by atoms with Gasteiger partial charge in [0, 0.05) is 11.3 Å². The van der Waals surface area contributed by atoms with Gasteiger partial charge in [-0.25, -0.2) is 9.67 Å². The average molecular weight is 346 g/mol. The van der Waals surface area contributed by atoms with E-state index in [-0.39, 0.29) is 5.56 Å². The molecular weight excluding hydrogens is 333 g/mol. The molecule has 0 aliphatic carbocycles. The molecule has 25 heavy (non-hydrogen) atoms. The topological polar surface area (TPSA) is 59.8 Å². The molecule has 0 bridgehead atoms. The third kappa shape index (κ3) is 4.03. The van der Waals surface area contributed by atoms with Gasteiger partial charge in [0.2, 0.25) is 0 Å². The van der Waals surface area contributed by atoms with Crippen molar-refractivity contribution in [3.05, 3.63) is 77.9 Å². The van der Waals surface area contributed by atoms with Crippen molar-refractivity contribution >= 4 is 11.6 Å². The summed E-state index contributed by atoms with van der Waals surface area (Å²) in [5.41, 5.74) is 0.329. The smallest absolute Gasteiger partial charge is 0.322 e. The number of para-hydroxylation sites is 1. The predicted octanol–water partition coefficient (Wildman–Crippen LogP) is 3.60. The molecule has 1 amide bonds. The Kier molecular flexibility index (Phi) is 4.51. The molecule has 0 aliphatic heterocycles. The third-order valence-corrected chi connectivity index (χ3v) is 3.52. The molecule has 0 fully saturated rings. The molecule has 0 spiro atoms. The van der Waals surface area contributed by atoms with E-state index in [0.717, 1.165) is 17.7 Å². The van der Waals surface area contributed by atoms with E-state index < -0.39 is 17.6 Å². The maximum atomic E-state index is 12.8. The first-order valence-corrected chi connectivity index (χ1v) is 7.32. The molecule has 3 aromatic rings. The van der Waals surface area contributed by atoms with Crippen LogP contribution < -0.4 is 5.32 Å². The minimum atomic E-state index is -4.50. The number of rotatable bonds is 4. The van der Waals surface area contributed by atoms with E-state index in [9.17, 15) is 18.0 Å². The lowest BCUT2D eigenvalue weighted by Crippen LogP contribution is -2.15. The number of alkyl halides is 3. The van der Waals surface area contributed by atoms with Crippen molar-refractivity contribution in [2.75, 3.05) is 5.32 Å². The molecule has 3 rings (SSSR count). The van der Waals surface area contributed by atoms with Gasteiger partial charge in [-0.1, -0.05) is 24.3 Å². The van der Waals surface area contributed by atoms with E-state index in [0.29, 0.717) is 12.2 Å². The number of amides is 1. The van der Waals surface area contributed by atoms with Crippen LogP contribution in [0.3, 0.4) is 0 Å². The molecule has 0 unspecified atom stereocenters.